The fourth-order valence-corrected chi connectivity index (χ4v) is 5.90. The van der Waals surface area contributed by atoms with E-state index in [-0.39, 0.29) is 23.2 Å². The van der Waals surface area contributed by atoms with Gasteiger partial charge in [-0.1, -0.05) is 0 Å². The van der Waals surface area contributed by atoms with E-state index in [1.165, 1.54) is 27.6 Å². The molecule has 10 heteroatoms. The highest BCUT2D eigenvalue weighted by Gasteiger charge is 2.46. The molecule has 4 rings (SSSR count). The molecule has 2 saturated heterocycles. The summed E-state index contributed by atoms with van der Waals surface area (Å²) in [4.78, 5) is 15.1. The van der Waals surface area contributed by atoms with Crippen molar-refractivity contribution in [2.24, 2.45) is 0 Å². The zero-order chi connectivity index (χ0) is 22.3. The molecule has 9 nitrogen and oxygen atoms in total. The second-order valence-electron chi connectivity index (χ2n) is 8.10. The van der Waals surface area contributed by atoms with Gasteiger partial charge in [0, 0.05) is 23.9 Å². The van der Waals surface area contributed by atoms with Gasteiger partial charge in [0.15, 0.2) is 11.5 Å². The van der Waals surface area contributed by atoms with Crippen molar-refractivity contribution in [2.45, 2.75) is 43.0 Å². The minimum atomic E-state index is -3.11. The van der Waals surface area contributed by atoms with E-state index in [4.69, 9.17) is 14.2 Å². The Morgan fingerprint density at radius 3 is 2.10 bits per heavy atom. The summed E-state index contributed by atoms with van der Waals surface area (Å²) in [5, 5.41) is 6.79. The largest absolute Gasteiger partial charge is 0.493 e. The fourth-order valence-electron chi connectivity index (χ4n) is 4.76. The summed E-state index contributed by atoms with van der Waals surface area (Å²) in [6.45, 7) is 0. The zero-order valence-electron chi connectivity index (χ0n) is 18.0. The number of nitrogens with one attached hydrogen (secondary N) is 1. The Labute approximate surface area is 181 Å². The molecular weight excluding hydrogens is 422 g/mol. The Morgan fingerprint density at radius 2 is 1.61 bits per heavy atom. The van der Waals surface area contributed by atoms with Crippen LogP contribution in [0.15, 0.2) is 18.2 Å². The van der Waals surface area contributed by atoms with E-state index >= 15 is 0 Å². The molecule has 2 aliphatic rings. The first kappa shape index (κ1) is 21.5. The van der Waals surface area contributed by atoms with Crippen molar-refractivity contribution in [2.75, 3.05) is 27.6 Å². The maximum atomic E-state index is 13.2. The zero-order valence-corrected chi connectivity index (χ0v) is 18.9. The number of fused-ring (bicyclic) bond motifs is 2. The number of amides is 1. The molecule has 168 valence electrons. The van der Waals surface area contributed by atoms with Crippen molar-refractivity contribution in [1.29, 1.82) is 0 Å². The van der Waals surface area contributed by atoms with Crippen molar-refractivity contribution in [3.63, 3.8) is 0 Å². The van der Waals surface area contributed by atoms with Crippen LogP contribution >= 0.6 is 0 Å². The van der Waals surface area contributed by atoms with Crippen LogP contribution in [0.2, 0.25) is 0 Å². The van der Waals surface area contributed by atoms with Gasteiger partial charge in [0.1, 0.15) is 15.5 Å². The van der Waals surface area contributed by atoms with Crippen molar-refractivity contribution < 1.29 is 27.4 Å². The highest BCUT2D eigenvalue weighted by atomic mass is 32.2. The van der Waals surface area contributed by atoms with Gasteiger partial charge >= 0.3 is 0 Å². The number of hydrogen-bond donors (Lipinski definition) is 1. The van der Waals surface area contributed by atoms with Crippen LogP contribution in [-0.2, 0) is 9.84 Å². The number of carbonyl (C=O) groups excluding carboxylic acids is 1. The van der Waals surface area contributed by atoms with Crippen LogP contribution in [-0.4, -0.2) is 74.3 Å². The van der Waals surface area contributed by atoms with Crippen LogP contribution in [0.1, 0.15) is 36.2 Å². The number of nitrogens with zero attached hydrogens (tertiary/aromatic N) is 2. The van der Waals surface area contributed by atoms with E-state index in [1.807, 2.05) is 4.90 Å². The van der Waals surface area contributed by atoms with Crippen LogP contribution in [0.4, 0.5) is 0 Å². The van der Waals surface area contributed by atoms with Crippen LogP contribution in [0.25, 0.3) is 11.3 Å². The summed E-state index contributed by atoms with van der Waals surface area (Å²) < 4.78 is 40.2. The molecule has 1 aromatic heterocycles. The first-order valence-corrected chi connectivity index (χ1v) is 12.1. The summed E-state index contributed by atoms with van der Waals surface area (Å²) in [7, 11) is 1.50. The van der Waals surface area contributed by atoms with Crippen molar-refractivity contribution in [3.05, 3.63) is 23.9 Å². The predicted molar refractivity (Wildman–Crippen MR) is 115 cm³/mol. The van der Waals surface area contributed by atoms with E-state index in [1.54, 1.807) is 18.2 Å². The SMILES string of the molecule is COc1cc(-c2cc(C(=O)N3[C@H]4CC[C@H]3CC(S(C)(=O)=O)C4)[nH]n2)cc(OC)c1OC. The number of hydrogen-bond acceptors (Lipinski definition) is 7. The Hall–Kier alpha value is -2.75. The molecule has 0 unspecified atom stereocenters. The second kappa shape index (κ2) is 8.07. The smallest absolute Gasteiger partial charge is 0.272 e. The first-order chi connectivity index (χ1) is 14.8. The molecule has 1 aromatic carbocycles. The van der Waals surface area contributed by atoms with Crippen LogP contribution < -0.4 is 14.2 Å². The molecule has 1 amide bonds. The number of carbonyl (C=O) groups is 1. The van der Waals surface area contributed by atoms with Gasteiger partial charge in [-0.05, 0) is 43.9 Å². The van der Waals surface area contributed by atoms with Crippen LogP contribution in [0.5, 0.6) is 17.2 Å². The normalized spacial score (nSPS) is 23.0. The third kappa shape index (κ3) is 3.84. The van der Waals surface area contributed by atoms with Gasteiger partial charge < -0.3 is 19.1 Å². The number of benzene rings is 1. The Balaban J connectivity index is 1.60. The minimum Gasteiger partial charge on any atom is -0.493 e. The number of aromatic amines is 1. The Kier molecular flexibility index (Phi) is 5.59. The van der Waals surface area contributed by atoms with Crippen molar-refractivity contribution in [3.8, 4) is 28.5 Å². The maximum absolute atomic E-state index is 13.2. The third-order valence-electron chi connectivity index (χ3n) is 6.30. The van der Waals surface area contributed by atoms with Gasteiger partial charge in [-0.25, -0.2) is 8.42 Å². The lowest BCUT2D eigenvalue weighted by molar-refractivity contribution is 0.0592. The molecule has 0 spiro atoms. The van der Waals surface area contributed by atoms with E-state index in [0.717, 1.165) is 12.8 Å². The number of ether oxygens (including phenoxy) is 3. The lowest BCUT2D eigenvalue weighted by atomic mass is 10.0. The molecule has 1 N–H and O–H groups in total. The molecule has 0 saturated carbocycles. The summed E-state index contributed by atoms with van der Waals surface area (Å²) in [6.07, 6.45) is 3.93. The molecule has 0 radical (unpaired) electrons. The molecule has 2 fully saturated rings. The molecule has 2 aromatic rings. The molecule has 2 atom stereocenters. The summed E-state index contributed by atoms with van der Waals surface area (Å²) in [6, 6.07) is 5.13. The second-order valence-corrected chi connectivity index (χ2v) is 10.4. The first-order valence-electron chi connectivity index (χ1n) is 10.1. The summed E-state index contributed by atoms with van der Waals surface area (Å²) >= 11 is 0. The van der Waals surface area contributed by atoms with Crippen molar-refractivity contribution >= 4 is 15.7 Å². The van der Waals surface area contributed by atoms with Gasteiger partial charge in [-0.3, -0.25) is 9.89 Å². The van der Waals surface area contributed by atoms with Crippen LogP contribution in [0.3, 0.4) is 0 Å². The average molecular weight is 450 g/mol. The molecule has 0 aliphatic carbocycles. The standard InChI is InChI=1S/C21H27N3O6S/c1-28-18-7-12(8-19(29-2)20(18)30-3)16-11-17(23-22-16)21(25)24-13-5-6-14(24)10-15(9-13)31(4,26)27/h7-8,11,13-15H,5-6,9-10H2,1-4H3,(H,22,23)/t13-,14-/m0/s1. The average Bonchev–Trinajstić information content (AvgIpc) is 3.34. The lowest BCUT2D eigenvalue weighted by Crippen LogP contribution is -2.49. The molecular formula is C21H27N3O6S. The number of sulfone groups is 1. The van der Waals surface area contributed by atoms with Gasteiger partial charge in [0.05, 0.1) is 32.3 Å². The van der Waals surface area contributed by atoms with Gasteiger partial charge in [0.25, 0.3) is 5.91 Å². The topological polar surface area (TPSA) is 111 Å². The number of aromatic nitrogens is 2. The Morgan fingerprint density at radius 1 is 1.03 bits per heavy atom. The number of methoxy groups -OCH3 is 3. The van der Waals surface area contributed by atoms with Gasteiger partial charge in [0.2, 0.25) is 5.75 Å². The fraction of sp³-hybridized carbons (Fsp3) is 0.524. The van der Waals surface area contributed by atoms with Gasteiger partial charge in [-0.2, -0.15) is 5.10 Å². The molecule has 2 aliphatic heterocycles. The van der Waals surface area contributed by atoms with Crippen molar-refractivity contribution in [1.82, 2.24) is 15.1 Å². The van der Waals surface area contributed by atoms with Gasteiger partial charge in [-0.15, -0.1) is 0 Å². The van der Waals surface area contributed by atoms with E-state index in [2.05, 4.69) is 10.2 Å². The number of H-pyrrole nitrogens is 1. The lowest BCUT2D eigenvalue weighted by Gasteiger charge is -2.38. The van der Waals surface area contributed by atoms with E-state index < -0.39 is 9.84 Å². The maximum Gasteiger partial charge on any atom is 0.272 e. The number of rotatable bonds is 6. The van der Waals surface area contributed by atoms with E-state index in [0.29, 0.717) is 47.0 Å². The third-order valence-corrected chi connectivity index (χ3v) is 7.89. The minimum absolute atomic E-state index is 0.0566. The quantitative estimate of drug-likeness (QED) is 0.720. The molecule has 3 heterocycles. The monoisotopic (exact) mass is 449 g/mol. The van der Waals surface area contributed by atoms with Crippen LogP contribution in [0, 0.1) is 0 Å². The molecule has 31 heavy (non-hydrogen) atoms. The predicted octanol–water partition coefficient (Wildman–Crippen LogP) is 2.28. The highest BCUT2D eigenvalue weighted by Crippen LogP contribution is 2.42. The Bertz CT molecular complexity index is 1060. The van der Waals surface area contributed by atoms with E-state index in [9.17, 15) is 13.2 Å². The summed E-state index contributed by atoms with van der Waals surface area (Å²) in [5.41, 5.74) is 1.66. The molecule has 2 bridgehead atoms. The summed E-state index contributed by atoms with van der Waals surface area (Å²) in [5.74, 6) is 1.32. The highest BCUT2D eigenvalue weighted by molar-refractivity contribution is 7.91. The number of piperidine rings is 1.